The maximum absolute atomic E-state index is 12.3. The Hall–Kier alpha value is -1.40. The zero-order valence-corrected chi connectivity index (χ0v) is 14.3. The van der Waals surface area contributed by atoms with E-state index in [1.165, 1.54) is 17.8 Å². The topological polar surface area (TPSA) is 69.6 Å². The van der Waals surface area contributed by atoms with E-state index in [1.54, 1.807) is 6.92 Å². The number of hydrogen-bond donors (Lipinski definition) is 2. The molecule has 2 N–H and O–H groups in total. The van der Waals surface area contributed by atoms with Gasteiger partial charge in [-0.05, 0) is 45.2 Å². The molecule has 0 aromatic carbocycles. The van der Waals surface area contributed by atoms with E-state index in [0.717, 1.165) is 36.2 Å². The fourth-order valence-corrected chi connectivity index (χ4v) is 4.12. The fourth-order valence-electron chi connectivity index (χ4n) is 3.05. The molecule has 1 aromatic heterocycles. The van der Waals surface area contributed by atoms with Crippen LogP contribution >= 0.6 is 11.3 Å². The first-order valence-corrected chi connectivity index (χ1v) is 8.62. The van der Waals surface area contributed by atoms with E-state index in [1.807, 2.05) is 6.92 Å². The number of aryl methyl sites for hydroxylation is 1. The number of carbonyl (C=O) groups excluding carboxylic acids is 1. The van der Waals surface area contributed by atoms with Gasteiger partial charge in [0.25, 0.3) is 0 Å². The number of carbonyl (C=O) groups is 2. The van der Waals surface area contributed by atoms with E-state index in [9.17, 15) is 14.7 Å². The summed E-state index contributed by atoms with van der Waals surface area (Å²) < 4.78 is 0. The number of aromatic carboxylic acids is 1. The number of likely N-dealkylation sites (tertiary alicyclic amines) is 1. The number of rotatable bonds is 5. The highest BCUT2D eigenvalue weighted by atomic mass is 32.1. The van der Waals surface area contributed by atoms with Gasteiger partial charge in [0.1, 0.15) is 5.00 Å². The maximum Gasteiger partial charge on any atom is 0.338 e. The van der Waals surface area contributed by atoms with Gasteiger partial charge in [0.05, 0.1) is 12.1 Å². The zero-order valence-electron chi connectivity index (χ0n) is 13.4. The largest absolute Gasteiger partial charge is 0.478 e. The number of piperidine rings is 1. The first-order chi connectivity index (χ1) is 10.4. The average Bonchev–Trinajstić information content (AvgIpc) is 2.74. The van der Waals surface area contributed by atoms with Crippen molar-refractivity contribution in [3.8, 4) is 0 Å². The Morgan fingerprint density at radius 3 is 2.73 bits per heavy atom. The molecule has 1 fully saturated rings. The van der Waals surface area contributed by atoms with Gasteiger partial charge in [-0.15, -0.1) is 11.3 Å². The second-order valence-electron chi connectivity index (χ2n) is 5.87. The van der Waals surface area contributed by atoms with Crippen molar-refractivity contribution in [3.05, 3.63) is 16.0 Å². The average molecular weight is 324 g/mol. The molecule has 22 heavy (non-hydrogen) atoms. The lowest BCUT2D eigenvalue weighted by Gasteiger charge is -2.34. The molecule has 2 heterocycles. The zero-order chi connectivity index (χ0) is 16.3. The van der Waals surface area contributed by atoms with E-state index in [-0.39, 0.29) is 11.5 Å². The number of hydrogen-bond acceptors (Lipinski definition) is 4. The van der Waals surface area contributed by atoms with E-state index in [2.05, 4.69) is 17.1 Å². The number of anilines is 1. The summed E-state index contributed by atoms with van der Waals surface area (Å²) in [6.45, 7) is 7.09. The monoisotopic (exact) mass is 324 g/mol. The Bertz CT molecular complexity index is 568. The predicted molar refractivity (Wildman–Crippen MR) is 88.9 cm³/mol. The van der Waals surface area contributed by atoms with Crippen LogP contribution in [0.3, 0.4) is 0 Å². The highest BCUT2D eigenvalue weighted by molar-refractivity contribution is 7.16. The van der Waals surface area contributed by atoms with Crippen LogP contribution in [0.5, 0.6) is 0 Å². The molecule has 1 aliphatic rings. The normalized spacial score (nSPS) is 19.1. The summed E-state index contributed by atoms with van der Waals surface area (Å²) >= 11 is 1.33. The van der Waals surface area contributed by atoms with Crippen LogP contribution in [0.15, 0.2) is 0 Å². The highest BCUT2D eigenvalue weighted by Gasteiger charge is 2.25. The molecule has 5 nitrogen and oxygen atoms in total. The number of thiophene rings is 1. The van der Waals surface area contributed by atoms with Crippen molar-refractivity contribution in [2.75, 3.05) is 18.4 Å². The Morgan fingerprint density at radius 2 is 2.09 bits per heavy atom. The van der Waals surface area contributed by atoms with Crippen molar-refractivity contribution in [1.29, 1.82) is 0 Å². The van der Waals surface area contributed by atoms with Gasteiger partial charge in [0.15, 0.2) is 0 Å². The van der Waals surface area contributed by atoms with Gasteiger partial charge >= 0.3 is 5.97 Å². The maximum atomic E-state index is 12.3. The lowest BCUT2D eigenvalue weighted by atomic mass is 10.0. The summed E-state index contributed by atoms with van der Waals surface area (Å²) in [5.74, 6) is -1.11. The summed E-state index contributed by atoms with van der Waals surface area (Å²) in [6.07, 6.45) is 4.54. The van der Waals surface area contributed by atoms with Crippen LogP contribution in [0.1, 0.15) is 53.4 Å². The van der Waals surface area contributed by atoms with Gasteiger partial charge in [0.2, 0.25) is 5.91 Å². The lowest BCUT2D eigenvalue weighted by molar-refractivity contribution is -0.118. The number of amides is 1. The van der Waals surface area contributed by atoms with Crippen molar-refractivity contribution < 1.29 is 14.7 Å². The van der Waals surface area contributed by atoms with Crippen molar-refractivity contribution in [1.82, 2.24) is 4.90 Å². The molecule has 0 spiro atoms. The highest BCUT2D eigenvalue weighted by Crippen LogP contribution is 2.32. The van der Waals surface area contributed by atoms with Gasteiger partial charge in [-0.3, -0.25) is 9.69 Å². The van der Waals surface area contributed by atoms with Crippen LogP contribution in [0.25, 0.3) is 0 Å². The third-order valence-corrected chi connectivity index (χ3v) is 5.54. The second kappa shape index (κ2) is 7.24. The smallest absolute Gasteiger partial charge is 0.338 e. The number of nitrogens with zero attached hydrogens (tertiary/aromatic N) is 1. The Morgan fingerprint density at radius 1 is 1.36 bits per heavy atom. The minimum atomic E-state index is -0.985. The van der Waals surface area contributed by atoms with Crippen molar-refractivity contribution >= 4 is 28.2 Å². The minimum Gasteiger partial charge on any atom is -0.478 e. The summed E-state index contributed by atoms with van der Waals surface area (Å²) in [5, 5.41) is 12.6. The lowest BCUT2D eigenvalue weighted by Crippen LogP contribution is -2.43. The molecule has 2 rings (SSSR count). The Balaban J connectivity index is 2.06. The third-order valence-electron chi connectivity index (χ3n) is 4.42. The molecule has 0 bridgehead atoms. The van der Waals surface area contributed by atoms with Gasteiger partial charge < -0.3 is 10.4 Å². The number of nitrogens with one attached hydrogen (secondary N) is 1. The molecule has 0 aliphatic carbocycles. The van der Waals surface area contributed by atoms with Crippen LogP contribution in [-0.4, -0.2) is 41.0 Å². The van der Waals surface area contributed by atoms with Crippen molar-refractivity contribution in [2.24, 2.45) is 0 Å². The molecule has 0 radical (unpaired) electrons. The quantitative estimate of drug-likeness (QED) is 0.872. The number of carboxylic acids is 1. The van der Waals surface area contributed by atoms with Gasteiger partial charge in [-0.2, -0.15) is 0 Å². The summed E-state index contributed by atoms with van der Waals surface area (Å²) in [5.41, 5.74) is 0.957. The Kier molecular flexibility index (Phi) is 5.58. The summed E-state index contributed by atoms with van der Waals surface area (Å²) in [6, 6.07) is 0.463. The van der Waals surface area contributed by atoms with E-state index in [4.69, 9.17) is 0 Å². The first-order valence-electron chi connectivity index (χ1n) is 7.81. The van der Waals surface area contributed by atoms with Crippen molar-refractivity contribution in [3.63, 3.8) is 0 Å². The van der Waals surface area contributed by atoms with Crippen LogP contribution in [0.4, 0.5) is 5.00 Å². The third kappa shape index (κ3) is 3.67. The molecule has 122 valence electrons. The minimum absolute atomic E-state index is 0.121. The fraction of sp³-hybridized carbons (Fsp3) is 0.625. The van der Waals surface area contributed by atoms with Gasteiger partial charge in [-0.1, -0.05) is 13.3 Å². The second-order valence-corrected chi connectivity index (χ2v) is 7.09. The number of carboxylic acid groups (broad SMARTS) is 1. The van der Waals surface area contributed by atoms with Crippen LogP contribution in [0, 0.1) is 13.8 Å². The predicted octanol–water partition coefficient (Wildman–Crippen LogP) is 3.27. The van der Waals surface area contributed by atoms with E-state index >= 15 is 0 Å². The van der Waals surface area contributed by atoms with E-state index < -0.39 is 5.97 Å². The summed E-state index contributed by atoms with van der Waals surface area (Å²) in [4.78, 5) is 26.8. The molecule has 1 amide bonds. The first kappa shape index (κ1) is 17.0. The molecule has 1 unspecified atom stereocenters. The molecule has 1 atom stereocenters. The molecular weight excluding hydrogens is 300 g/mol. The molecule has 6 heteroatoms. The molecular formula is C16H24N2O3S. The Labute approximate surface area is 135 Å². The molecule has 1 saturated heterocycles. The van der Waals surface area contributed by atoms with Crippen LogP contribution < -0.4 is 5.32 Å². The molecule has 1 aliphatic heterocycles. The van der Waals surface area contributed by atoms with Gasteiger partial charge in [-0.25, -0.2) is 4.79 Å². The molecule has 1 aromatic rings. The van der Waals surface area contributed by atoms with E-state index in [0.29, 0.717) is 17.6 Å². The van der Waals surface area contributed by atoms with Crippen LogP contribution in [0.2, 0.25) is 0 Å². The molecule has 0 saturated carbocycles. The van der Waals surface area contributed by atoms with Crippen molar-refractivity contribution in [2.45, 2.75) is 52.5 Å². The standard InChI is InChI=1S/C16H24N2O3S/c1-4-12-7-5-6-8-18(12)9-13(19)17-15-14(16(20)21)10(2)11(3)22-15/h12H,4-9H2,1-3H3,(H,17,19)(H,20,21). The SMILES string of the molecule is CCC1CCCCN1CC(=O)Nc1sc(C)c(C)c1C(=O)O. The van der Waals surface area contributed by atoms with Gasteiger partial charge in [0, 0.05) is 10.9 Å². The van der Waals surface area contributed by atoms with Crippen LogP contribution in [-0.2, 0) is 4.79 Å². The summed E-state index contributed by atoms with van der Waals surface area (Å²) in [7, 11) is 0.